The van der Waals surface area contributed by atoms with Crippen LogP contribution in [-0.4, -0.2) is 35.5 Å². The molecule has 2 aliphatic rings. The standard InChI is InChI=1S/C25H28F2N2O5/c1-13-19(15-7-8-16(26)20(27)21(15)31-6)22(34-24(13,2)3)23(30)29-14-9-10-28-17(11-14)18-12-32-25(4,5)33-18/h7-13,19,22H,1-6H3,(H,28,29,30). The van der Waals surface area contributed by atoms with E-state index in [1.807, 2.05) is 20.8 Å². The molecule has 1 aromatic heterocycles. The second kappa shape index (κ2) is 8.54. The van der Waals surface area contributed by atoms with E-state index in [-0.39, 0.29) is 11.7 Å². The van der Waals surface area contributed by atoms with Gasteiger partial charge in [0.25, 0.3) is 5.91 Å². The molecule has 182 valence electrons. The van der Waals surface area contributed by atoms with Crippen LogP contribution in [0.1, 0.15) is 51.8 Å². The number of rotatable bonds is 5. The molecule has 4 rings (SSSR count). The number of benzene rings is 1. The average molecular weight is 475 g/mol. The van der Waals surface area contributed by atoms with Gasteiger partial charge >= 0.3 is 0 Å². The minimum atomic E-state index is -1.09. The molecule has 1 N–H and O–H groups in total. The molecule has 2 aliphatic heterocycles. The van der Waals surface area contributed by atoms with Gasteiger partial charge in [0.2, 0.25) is 11.6 Å². The first-order valence-electron chi connectivity index (χ1n) is 11.0. The number of nitrogens with zero attached hydrogens (tertiary/aromatic N) is 1. The van der Waals surface area contributed by atoms with Crippen molar-refractivity contribution in [3.05, 3.63) is 59.6 Å². The number of aromatic nitrogens is 1. The molecule has 0 saturated carbocycles. The number of hydrogen-bond acceptors (Lipinski definition) is 6. The highest BCUT2D eigenvalue weighted by atomic mass is 19.2. The summed E-state index contributed by atoms with van der Waals surface area (Å²) in [4.78, 5) is 17.7. The maximum absolute atomic E-state index is 14.5. The van der Waals surface area contributed by atoms with Crippen LogP contribution >= 0.6 is 0 Å². The summed E-state index contributed by atoms with van der Waals surface area (Å²) >= 11 is 0. The molecule has 1 saturated heterocycles. The van der Waals surface area contributed by atoms with E-state index in [9.17, 15) is 13.6 Å². The van der Waals surface area contributed by atoms with Crippen molar-refractivity contribution in [2.24, 2.45) is 5.92 Å². The predicted octanol–water partition coefficient (Wildman–Crippen LogP) is 4.99. The number of amides is 1. The molecule has 34 heavy (non-hydrogen) atoms. The maximum atomic E-state index is 14.5. The fraction of sp³-hybridized carbons (Fsp3) is 0.440. The Bertz CT molecular complexity index is 1150. The van der Waals surface area contributed by atoms with Gasteiger partial charge < -0.3 is 24.3 Å². The van der Waals surface area contributed by atoms with Gasteiger partial charge in [-0.05, 0) is 38.0 Å². The second-order valence-electron chi connectivity index (χ2n) is 9.46. The summed E-state index contributed by atoms with van der Waals surface area (Å²) in [5, 5.41) is 2.85. The van der Waals surface area contributed by atoms with Crippen molar-refractivity contribution in [3.63, 3.8) is 0 Å². The smallest absolute Gasteiger partial charge is 0.254 e. The minimum absolute atomic E-state index is 0.202. The zero-order chi connectivity index (χ0) is 24.8. The molecular formula is C25H28F2N2O5. The molecule has 3 heterocycles. The largest absolute Gasteiger partial charge is 0.493 e. The van der Waals surface area contributed by atoms with Crippen LogP contribution in [0.5, 0.6) is 5.75 Å². The molecule has 2 aromatic rings. The minimum Gasteiger partial charge on any atom is -0.493 e. The van der Waals surface area contributed by atoms with Crippen LogP contribution in [0.3, 0.4) is 0 Å². The van der Waals surface area contributed by atoms with Gasteiger partial charge in [0, 0.05) is 37.2 Å². The fourth-order valence-corrected chi connectivity index (χ4v) is 4.35. The molecule has 0 aliphatic carbocycles. The lowest BCUT2D eigenvalue weighted by atomic mass is 9.78. The van der Waals surface area contributed by atoms with Gasteiger partial charge in [-0.1, -0.05) is 13.0 Å². The fourth-order valence-electron chi connectivity index (χ4n) is 4.35. The predicted molar refractivity (Wildman–Crippen MR) is 121 cm³/mol. The summed E-state index contributed by atoms with van der Waals surface area (Å²) < 4.78 is 50.8. The van der Waals surface area contributed by atoms with Gasteiger partial charge in [0.05, 0.1) is 12.7 Å². The number of pyridine rings is 1. The molecule has 9 heteroatoms. The molecule has 7 nitrogen and oxygen atoms in total. The van der Waals surface area contributed by atoms with Crippen LogP contribution in [0.25, 0.3) is 5.76 Å². The number of hydrogen-bond donors (Lipinski definition) is 1. The van der Waals surface area contributed by atoms with Crippen molar-refractivity contribution in [1.29, 1.82) is 0 Å². The van der Waals surface area contributed by atoms with Gasteiger partial charge in [-0.15, -0.1) is 0 Å². The molecule has 1 amide bonds. The summed E-state index contributed by atoms with van der Waals surface area (Å²) in [6.07, 6.45) is 2.05. The normalized spacial score (nSPS) is 24.7. The van der Waals surface area contributed by atoms with E-state index in [2.05, 4.69) is 10.3 Å². The summed E-state index contributed by atoms with van der Waals surface area (Å²) in [6, 6.07) is 5.78. The zero-order valence-electron chi connectivity index (χ0n) is 19.9. The highest BCUT2D eigenvalue weighted by molar-refractivity contribution is 5.95. The van der Waals surface area contributed by atoms with E-state index >= 15 is 0 Å². The van der Waals surface area contributed by atoms with Crippen molar-refractivity contribution in [3.8, 4) is 5.75 Å². The molecule has 0 radical (unpaired) electrons. The monoisotopic (exact) mass is 474 g/mol. The van der Waals surface area contributed by atoms with Crippen molar-refractivity contribution in [2.75, 3.05) is 12.4 Å². The maximum Gasteiger partial charge on any atom is 0.254 e. The van der Waals surface area contributed by atoms with Gasteiger partial charge in [0.1, 0.15) is 18.1 Å². The lowest BCUT2D eigenvalue weighted by Gasteiger charge is -2.25. The van der Waals surface area contributed by atoms with Crippen LogP contribution in [0.2, 0.25) is 0 Å². The summed E-state index contributed by atoms with van der Waals surface area (Å²) in [6.45, 7) is 9.18. The number of carbonyl (C=O) groups excluding carboxylic acids is 1. The Morgan fingerprint density at radius 2 is 1.91 bits per heavy atom. The number of nitrogens with one attached hydrogen (secondary N) is 1. The van der Waals surface area contributed by atoms with Crippen molar-refractivity contribution in [1.82, 2.24) is 4.98 Å². The lowest BCUT2D eigenvalue weighted by Crippen LogP contribution is -2.33. The number of methoxy groups -OCH3 is 1. The first-order chi connectivity index (χ1) is 15.9. The topological polar surface area (TPSA) is 78.9 Å². The third kappa shape index (κ3) is 4.32. The Balaban J connectivity index is 1.63. The first-order valence-corrected chi connectivity index (χ1v) is 11.0. The molecule has 0 bridgehead atoms. The molecule has 1 aromatic carbocycles. The van der Waals surface area contributed by atoms with E-state index < -0.39 is 41.0 Å². The van der Waals surface area contributed by atoms with Gasteiger partial charge in [0.15, 0.2) is 17.3 Å². The number of ether oxygens (including phenoxy) is 4. The van der Waals surface area contributed by atoms with Crippen LogP contribution < -0.4 is 10.1 Å². The SMILES string of the molecule is COc1c(C2C(C(=O)Nc3ccnc(C4=COC(C)(C)O4)c3)OC(C)(C)C2C)ccc(F)c1F. The third-order valence-corrected chi connectivity index (χ3v) is 6.38. The first kappa shape index (κ1) is 23.9. The van der Waals surface area contributed by atoms with E-state index in [0.29, 0.717) is 22.7 Å². The van der Waals surface area contributed by atoms with Crippen molar-refractivity contribution < 1.29 is 32.5 Å². The number of carbonyl (C=O) groups is 1. The third-order valence-electron chi connectivity index (χ3n) is 6.38. The second-order valence-corrected chi connectivity index (χ2v) is 9.46. The van der Waals surface area contributed by atoms with E-state index in [1.54, 1.807) is 32.2 Å². The van der Waals surface area contributed by atoms with Gasteiger partial charge in [-0.2, -0.15) is 4.39 Å². The van der Waals surface area contributed by atoms with Crippen LogP contribution in [0.4, 0.5) is 14.5 Å². The Morgan fingerprint density at radius 3 is 2.56 bits per heavy atom. The molecule has 3 unspecified atom stereocenters. The Morgan fingerprint density at radius 1 is 1.18 bits per heavy atom. The number of halogens is 2. The van der Waals surface area contributed by atoms with Gasteiger partial charge in [-0.3, -0.25) is 9.78 Å². The molecule has 3 atom stereocenters. The van der Waals surface area contributed by atoms with E-state index in [1.165, 1.54) is 19.4 Å². The van der Waals surface area contributed by atoms with Crippen molar-refractivity contribution >= 4 is 17.4 Å². The van der Waals surface area contributed by atoms with Crippen molar-refractivity contribution in [2.45, 2.75) is 58.0 Å². The number of anilines is 1. The highest BCUT2D eigenvalue weighted by Crippen LogP contribution is 2.49. The quantitative estimate of drug-likeness (QED) is 0.658. The summed E-state index contributed by atoms with van der Waals surface area (Å²) in [5.74, 6) is -3.90. The highest BCUT2D eigenvalue weighted by Gasteiger charge is 2.51. The zero-order valence-corrected chi connectivity index (χ0v) is 19.9. The van der Waals surface area contributed by atoms with Crippen LogP contribution in [0.15, 0.2) is 36.7 Å². The summed E-state index contributed by atoms with van der Waals surface area (Å²) in [7, 11) is 1.27. The van der Waals surface area contributed by atoms with E-state index in [0.717, 1.165) is 6.07 Å². The molecule has 1 fully saturated rings. The Kier molecular flexibility index (Phi) is 6.01. The van der Waals surface area contributed by atoms with Crippen LogP contribution in [-0.2, 0) is 19.0 Å². The van der Waals surface area contributed by atoms with Gasteiger partial charge in [-0.25, -0.2) is 4.39 Å². The van der Waals surface area contributed by atoms with Crippen LogP contribution in [0, 0.1) is 17.6 Å². The Labute approximate surface area is 197 Å². The van der Waals surface area contributed by atoms with E-state index in [4.69, 9.17) is 18.9 Å². The average Bonchev–Trinajstić information content (AvgIpc) is 3.26. The lowest BCUT2D eigenvalue weighted by molar-refractivity contribution is -0.131. The Hall–Kier alpha value is -3.20. The summed E-state index contributed by atoms with van der Waals surface area (Å²) in [5.41, 5.74) is 0.639. The molecular weight excluding hydrogens is 446 g/mol. The molecule has 0 spiro atoms.